The summed E-state index contributed by atoms with van der Waals surface area (Å²) in [4.78, 5) is 37.8. The topological polar surface area (TPSA) is 103 Å². The highest BCUT2D eigenvalue weighted by Crippen LogP contribution is 2.42. The molecule has 0 bridgehead atoms. The number of fused-ring (bicyclic) bond motifs is 1. The summed E-state index contributed by atoms with van der Waals surface area (Å²) in [6, 6.07) is 8.45. The molecule has 9 nitrogen and oxygen atoms in total. The minimum Gasteiger partial charge on any atom is -0.497 e. The van der Waals surface area contributed by atoms with Crippen LogP contribution in [0.4, 0.5) is 13.6 Å². The molecule has 0 aliphatic carbocycles. The Kier molecular flexibility index (Phi) is 5.79. The molecule has 1 saturated heterocycles. The van der Waals surface area contributed by atoms with Crippen LogP contribution in [-0.2, 0) is 20.9 Å². The van der Waals surface area contributed by atoms with Gasteiger partial charge in [0, 0.05) is 0 Å². The second-order valence-corrected chi connectivity index (χ2v) is 7.48. The first-order chi connectivity index (χ1) is 15.7. The highest BCUT2D eigenvalue weighted by molar-refractivity contribution is 6.06. The van der Waals surface area contributed by atoms with Crippen molar-refractivity contribution in [1.82, 2.24) is 10.2 Å². The van der Waals surface area contributed by atoms with Gasteiger partial charge in [0.2, 0.25) is 5.91 Å². The molecular weight excluding hydrogens is 442 g/mol. The molecule has 2 atom stereocenters. The molecule has 0 aromatic heterocycles. The van der Waals surface area contributed by atoms with Gasteiger partial charge in [-0.25, -0.2) is 14.5 Å². The fourth-order valence-electron chi connectivity index (χ4n) is 3.41. The van der Waals surface area contributed by atoms with Gasteiger partial charge >= 0.3 is 18.3 Å². The lowest BCUT2D eigenvalue weighted by Gasteiger charge is -2.37. The molecule has 0 saturated carbocycles. The number of hydrogen-bond donors (Lipinski definition) is 1. The van der Waals surface area contributed by atoms with Crippen LogP contribution >= 0.6 is 0 Å². The number of nitrogens with one attached hydrogen (secondary N) is 1. The van der Waals surface area contributed by atoms with Gasteiger partial charge in [-0.3, -0.25) is 4.79 Å². The van der Waals surface area contributed by atoms with Crippen molar-refractivity contribution in [2.75, 3.05) is 7.11 Å². The SMILES string of the molecule is COc1ccc(COC(=O)[C@@H]2CC(=O)N2C(=O)NC(C)c2ccc3c(c2)OC(F)(F)O3)cc1. The number of benzene rings is 2. The number of halogens is 2. The Hall–Kier alpha value is -3.89. The quantitative estimate of drug-likeness (QED) is 0.520. The maximum atomic E-state index is 13.2. The van der Waals surface area contributed by atoms with E-state index < -0.39 is 36.3 Å². The van der Waals surface area contributed by atoms with Gasteiger partial charge in [-0.05, 0) is 42.3 Å². The third kappa shape index (κ3) is 4.66. The first-order valence-corrected chi connectivity index (χ1v) is 9.99. The smallest absolute Gasteiger partial charge is 0.497 e. The van der Waals surface area contributed by atoms with Gasteiger partial charge in [0.15, 0.2) is 11.5 Å². The van der Waals surface area contributed by atoms with E-state index in [1.165, 1.54) is 25.3 Å². The second kappa shape index (κ2) is 8.57. The van der Waals surface area contributed by atoms with Crippen molar-refractivity contribution < 1.29 is 42.1 Å². The van der Waals surface area contributed by atoms with Gasteiger partial charge in [0.05, 0.1) is 19.6 Å². The molecule has 2 aliphatic heterocycles. The predicted octanol–water partition coefficient (Wildman–Crippen LogP) is 3.13. The zero-order valence-electron chi connectivity index (χ0n) is 17.7. The summed E-state index contributed by atoms with van der Waals surface area (Å²) in [6.45, 7) is 1.57. The molecule has 2 aromatic rings. The minimum absolute atomic E-state index is 0.0266. The molecule has 174 valence electrons. The summed E-state index contributed by atoms with van der Waals surface area (Å²) in [5.41, 5.74) is 1.16. The number of carbonyl (C=O) groups is 3. The summed E-state index contributed by atoms with van der Waals surface area (Å²) < 4.78 is 45.5. The number of esters is 1. The Morgan fingerprint density at radius 1 is 1.18 bits per heavy atom. The molecule has 1 fully saturated rings. The average molecular weight is 462 g/mol. The van der Waals surface area contributed by atoms with Crippen molar-refractivity contribution in [3.8, 4) is 17.2 Å². The van der Waals surface area contributed by atoms with Gasteiger partial charge < -0.3 is 24.3 Å². The fourth-order valence-corrected chi connectivity index (χ4v) is 3.41. The van der Waals surface area contributed by atoms with Crippen LogP contribution in [0.25, 0.3) is 0 Å². The molecule has 2 aromatic carbocycles. The molecule has 0 radical (unpaired) electrons. The number of amides is 3. The van der Waals surface area contributed by atoms with Crippen molar-refractivity contribution in [3.05, 3.63) is 53.6 Å². The molecule has 2 aliphatic rings. The summed E-state index contributed by atoms with van der Waals surface area (Å²) in [5.74, 6) is -0.878. The van der Waals surface area contributed by atoms with Crippen molar-refractivity contribution in [1.29, 1.82) is 0 Å². The number of likely N-dealkylation sites (tertiary alicyclic amines) is 1. The van der Waals surface area contributed by atoms with E-state index in [1.807, 2.05) is 0 Å². The molecule has 11 heteroatoms. The third-order valence-electron chi connectivity index (χ3n) is 5.24. The van der Waals surface area contributed by atoms with E-state index in [1.54, 1.807) is 31.2 Å². The number of rotatable bonds is 6. The molecule has 1 N–H and O–H groups in total. The highest BCUT2D eigenvalue weighted by Gasteiger charge is 2.47. The molecule has 0 spiro atoms. The van der Waals surface area contributed by atoms with Crippen LogP contribution in [0.1, 0.15) is 30.5 Å². The van der Waals surface area contributed by atoms with Crippen LogP contribution in [0.15, 0.2) is 42.5 Å². The summed E-state index contributed by atoms with van der Waals surface area (Å²) in [6.07, 6.45) is -3.90. The van der Waals surface area contributed by atoms with Crippen molar-refractivity contribution in [3.63, 3.8) is 0 Å². The lowest BCUT2D eigenvalue weighted by Crippen LogP contribution is -2.62. The lowest BCUT2D eigenvalue weighted by atomic mass is 10.0. The second-order valence-electron chi connectivity index (χ2n) is 7.48. The van der Waals surface area contributed by atoms with E-state index in [9.17, 15) is 23.2 Å². The van der Waals surface area contributed by atoms with Gasteiger partial charge in [-0.15, -0.1) is 8.78 Å². The Morgan fingerprint density at radius 2 is 1.88 bits per heavy atom. The Bertz CT molecular complexity index is 1090. The number of ether oxygens (including phenoxy) is 4. The first kappa shape index (κ1) is 22.3. The maximum Gasteiger partial charge on any atom is 0.586 e. The Labute approximate surface area is 187 Å². The van der Waals surface area contributed by atoms with E-state index >= 15 is 0 Å². The van der Waals surface area contributed by atoms with Crippen LogP contribution in [-0.4, -0.2) is 42.3 Å². The van der Waals surface area contributed by atoms with Gasteiger partial charge in [-0.1, -0.05) is 18.2 Å². The summed E-state index contributed by atoms with van der Waals surface area (Å²) >= 11 is 0. The number of methoxy groups -OCH3 is 1. The molecule has 1 unspecified atom stereocenters. The van der Waals surface area contributed by atoms with E-state index in [2.05, 4.69) is 14.8 Å². The average Bonchev–Trinajstić information content (AvgIpc) is 3.08. The van der Waals surface area contributed by atoms with Crippen LogP contribution in [0.3, 0.4) is 0 Å². The van der Waals surface area contributed by atoms with Gasteiger partial charge in [0.25, 0.3) is 0 Å². The van der Waals surface area contributed by atoms with Crippen LogP contribution in [0.5, 0.6) is 17.2 Å². The molecular formula is C22H20F2N2O7. The third-order valence-corrected chi connectivity index (χ3v) is 5.24. The minimum atomic E-state index is -3.75. The number of carbonyl (C=O) groups excluding carboxylic acids is 3. The lowest BCUT2D eigenvalue weighted by molar-refractivity contribution is -0.286. The Balaban J connectivity index is 1.34. The fraction of sp³-hybridized carbons (Fsp3) is 0.318. The Morgan fingerprint density at radius 3 is 2.55 bits per heavy atom. The summed E-state index contributed by atoms with van der Waals surface area (Å²) in [5, 5.41) is 2.57. The van der Waals surface area contributed by atoms with Crippen molar-refractivity contribution in [2.45, 2.75) is 38.3 Å². The normalized spacial score (nSPS) is 18.8. The predicted molar refractivity (Wildman–Crippen MR) is 108 cm³/mol. The molecule has 3 amide bonds. The summed E-state index contributed by atoms with van der Waals surface area (Å²) in [7, 11) is 1.54. The molecule has 4 rings (SSSR count). The van der Waals surface area contributed by atoms with Crippen LogP contribution in [0, 0.1) is 0 Å². The van der Waals surface area contributed by atoms with Crippen LogP contribution < -0.4 is 19.5 Å². The van der Waals surface area contributed by atoms with E-state index in [0.29, 0.717) is 16.9 Å². The van der Waals surface area contributed by atoms with Gasteiger partial charge in [-0.2, -0.15) is 0 Å². The standard InChI is InChI=1S/C22H20F2N2O7/c1-12(14-5-8-17-18(9-14)33-22(23,24)32-17)25-21(29)26-16(10-19(26)27)20(28)31-11-13-3-6-15(30-2)7-4-13/h3-9,12,16H,10-11H2,1-2H3,(H,25,29)/t12?,16-/m0/s1. The number of hydrogen-bond acceptors (Lipinski definition) is 7. The first-order valence-electron chi connectivity index (χ1n) is 9.99. The van der Waals surface area contributed by atoms with Crippen molar-refractivity contribution >= 4 is 17.9 Å². The number of imide groups is 1. The molecule has 2 heterocycles. The number of nitrogens with zero attached hydrogens (tertiary/aromatic N) is 1. The highest BCUT2D eigenvalue weighted by atomic mass is 19.3. The largest absolute Gasteiger partial charge is 0.586 e. The maximum absolute atomic E-state index is 13.2. The van der Waals surface area contributed by atoms with Crippen molar-refractivity contribution in [2.24, 2.45) is 0 Å². The van der Waals surface area contributed by atoms with E-state index in [-0.39, 0.29) is 24.5 Å². The monoisotopic (exact) mass is 462 g/mol. The zero-order chi connectivity index (χ0) is 23.8. The molecule has 33 heavy (non-hydrogen) atoms. The number of alkyl halides is 2. The van der Waals surface area contributed by atoms with E-state index in [0.717, 1.165) is 4.90 Å². The number of β-lactam (4-membered cyclic amide) rings is 1. The van der Waals surface area contributed by atoms with E-state index in [4.69, 9.17) is 9.47 Å². The van der Waals surface area contributed by atoms with Gasteiger partial charge in [0.1, 0.15) is 18.4 Å². The van der Waals surface area contributed by atoms with Crippen LogP contribution in [0.2, 0.25) is 0 Å². The number of urea groups is 1. The zero-order valence-corrected chi connectivity index (χ0v) is 17.7.